The number of rotatable bonds is 2. The van der Waals surface area contributed by atoms with Gasteiger partial charge in [-0.2, -0.15) is 0 Å². The van der Waals surface area contributed by atoms with Crippen LogP contribution in [-0.2, 0) is 0 Å². The molecule has 3 aromatic rings. The van der Waals surface area contributed by atoms with Gasteiger partial charge in [-0.15, -0.1) is 0 Å². The monoisotopic (exact) mass is 239 g/mol. The minimum absolute atomic E-state index is 0.694. The number of aliphatic hydroxyl groups excluding tert-OH is 1. The van der Waals surface area contributed by atoms with Crippen LogP contribution in [0.1, 0.15) is 23.0 Å². The fourth-order valence-corrected chi connectivity index (χ4v) is 2.10. The lowest BCUT2D eigenvalue weighted by molar-refractivity contribution is 0.217. The number of benzene rings is 1. The second-order valence-corrected chi connectivity index (χ2v) is 4.30. The van der Waals surface area contributed by atoms with Crippen molar-refractivity contribution in [3.05, 3.63) is 65.7 Å². The Labute approximate surface area is 105 Å². The summed E-state index contributed by atoms with van der Waals surface area (Å²) in [6.07, 6.45) is 2.60. The summed E-state index contributed by atoms with van der Waals surface area (Å²) in [5, 5.41) is 11.3. The number of hydrogen-bond acceptors (Lipinski definition) is 3. The van der Waals surface area contributed by atoms with Crippen LogP contribution in [0.25, 0.3) is 10.9 Å². The van der Waals surface area contributed by atoms with Crippen molar-refractivity contribution in [3.63, 3.8) is 0 Å². The van der Waals surface area contributed by atoms with Crippen LogP contribution in [0.5, 0.6) is 0 Å². The van der Waals surface area contributed by atoms with Gasteiger partial charge >= 0.3 is 0 Å². The SMILES string of the molecule is Cc1occc1C(O)c1cnc2ccccc2c1. The second kappa shape index (κ2) is 4.27. The minimum Gasteiger partial charge on any atom is -0.469 e. The molecule has 0 fully saturated rings. The molecule has 0 aliphatic carbocycles. The van der Waals surface area contributed by atoms with Gasteiger partial charge in [-0.05, 0) is 25.1 Å². The zero-order chi connectivity index (χ0) is 12.5. The summed E-state index contributed by atoms with van der Waals surface area (Å²) in [5.41, 5.74) is 2.49. The summed E-state index contributed by atoms with van der Waals surface area (Å²) in [6.45, 7) is 1.84. The second-order valence-electron chi connectivity index (χ2n) is 4.30. The third kappa shape index (κ3) is 1.79. The van der Waals surface area contributed by atoms with Crippen molar-refractivity contribution in [2.75, 3.05) is 0 Å². The van der Waals surface area contributed by atoms with E-state index in [2.05, 4.69) is 4.98 Å². The molecular formula is C15H13NO2. The molecular weight excluding hydrogens is 226 g/mol. The molecule has 0 saturated carbocycles. The summed E-state index contributed by atoms with van der Waals surface area (Å²) in [4.78, 5) is 4.35. The van der Waals surface area contributed by atoms with Crippen LogP contribution < -0.4 is 0 Å². The molecule has 0 aliphatic rings. The first-order chi connectivity index (χ1) is 8.75. The van der Waals surface area contributed by atoms with Crippen LogP contribution >= 0.6 is 0 Å². The highest BCUT2D eigenvalue weighted by molar-refractivity contribution is 5.78. The molecule has 1 N–H and O–H groups in total. The van der Waals surface area contributed by atoms with E-state index in [1.54, 1.807) is 18.5 Å². The maximum absolute atomic E-state index is 10.3. The summed E-state index contributed by atoms with van der Waals surface area (Å²) in [7, 11) is 0. The van der Waals surface area contributed by atoms with E-state index in [4.69, 9.17) is 4.42 Å². The Balaban J connectivity index is 2.07. The van der Waals surface area contributed by atoms with Crippen molar-refractivity contribution in [2.45, 2.75) is 13.0 Å². The van der Waals surface area contributed by atoms with Crippen molar-refractivity contribution in [1.29, 1.82) is 0 Å². The van der Waals surface area contributed by atoms with E-state index < -0.39 is 6.10 Å². The number of fused-ring (bicyclic) bond motifs is 1. The van der Waals surface area contributed by atoms with Crippen molar-refractivity contribution in [1.82, 2.24) is 4.98 Å². The van der Waals surface area contributed by atoms with Gasteiger partial charge in [0.25, 0.3) is 0 Å². The molecule has 2 aromatic heterocycles. The van der Waals surface area contributed by atoms with E-state index in [9.17, 15) is 5.11 Å². The largest absolute Gasteiger partial charge is 0.469 e. The van der Waals surface area contributed by atoms with E-state index in [0.717, 1.165) is 27.8 Å². The van der Waals surface area contributed by atoms with Gasteiger partial charge in [0.2, 0.25) is 0 Å². The average molecular weight is 239 g/mol. The fraction of sp³-hybridized carbons (Fsp3) is 0.133. The Morgan fingerprint density at radius 2 is 2.06 bits per heavy atom. The summed E-state index contributed by atoms with van der Waals surface area (Å²) in [6, 6.07) is 11.6. The average Bonchev–Trinajstić information content (AvgIpc) is 2.83. The number of para-hydroxylation sites is 1. The van der Waals surface area contributed by atoms with Crippen LogP contribution in [0.2, 0.25) is 0 Å². The predicted molar refractivity (Wildman–Crippen MR) is 69.2 cm³/mol. The van der Waals surface area contributed by atoms with Gasteiger partial charge in [0.05, 0.1) is 11.8 Å². The number of aromatic nitrogens is 1. The topological polar surface area (TPSA) is 46.3 Å². The predicted octanol–water partition coefficient (Wildman–Crippen LogP) is 3.22. The molecule has 0 bridgehead atoms. The third-order valence-electron chi connectivity index (χ3n) is 3.12. The number of aliphatic hydroxyl groups is 1. The van der Waals surface area contributed by atoms with Gasteiger partial charge in [0.1, 0.15) is 11.9 Å². The molecule has 0 spiro atoms. The Hall–Kier alpha value is -2.13. The minimum atomic E-state index is -0.694. The number of aryl methyl sites for hydroxylation is 1. The molecule has 2 heterocycles. The maximum Gasteiger partial charge on any atom is 0.109 e. The first-order valence-electron chi connectivity index (χ1n) is 5.82. The van der Waals surface area contributed by atoms with Gasteiger partial charge in [-0.3, -0.25) is 4.98 Å². The standard InChI is InChI=1S/C15H13NO2/c1-10-13(6-7-18-10)15(17)12-8-11-4-2-3-5-14(11)16-9-12/h2-9,15,17H,1H3. The molecule has 90 valence electrons. The molecule has 0 saturated heterocycles. The number of nitrogens with zero attached hydrogens (tertiary/aromatic N) is 1. The third-order valence-corrected chi connectivity index (χ3v) is 3.12. The van der Waals surface area contributed by atoms with E-state index in [-0.39, 0.29) is 0 Å². The zero-order valence-electron chi connectivity index (χ0n) is 10.00. The van der Waals surface area contributed by atoms with Gasteiger partial charge in [-0.1, -0.05) is 18.2 Å². The first kappa shape index (κ1) is 11.0. The molecule has 0 radical (unpaired) electrons. The van der Waals surface area contributed by atoms with Gasteiger partial charge in [-0.25, -0.2) is 0 Å². The lowest BCUT2D eigenvalue weighted by Gasteiger charge is -2.10. The van der Waals surface area contributed by atoms with Crippen molar-refractivity contribution in [2.24, 2.45) is 0 Å². The Morgan fingerprint density at radius 1 is 1.22 bits per heavy atom. The van der Waals surface area contributed by atoms with E-state index in [1.165, 1.54) is 0 Å². The molecule has 1 aromatic carbocycles. The number of furan rings is 1. The fourth-order valence-electron chi connectivity index (χ4n) is 2.10. The number of hydrogen-bond donors (Lipinski definition) is 1. The highest BCUT2D eigenvalue weighted by Gasteiger charge is 2.15. The highest BCUT2D eigenvalue weighted by atomic mass is 16.3. The molecule has 3 heteroatoms. The van der Waals surface area contributed by atoms with Crippen LogP contribution in [-0.4, -0.2) is 10.1 Å². The lowest BCUT2D eigenvalue weighted by atomic mass is 10.0. The Bertz CT molecular complexity index is 688. The number of pyridine rings is 1. The van der Waals surface area contributed by atoms with Crippen molar-refractivity contribution < 1.29 is 9.52 Å². The highest BCUT2D eigenvalue weighted by Crippen LogP contribution is 2.26. The first-order valence-corrected chi connectivity index (χ1v) is 5.82. The van der Waals surface area contributed by atoms with Crippen molar-refractivity contribution >= 4 is 10.9 Å². The van der Waals surface area contributed by atoms with Gasteiger partial charge in [0, 0.05) is 22.7 Å². The summed E-state index contributed by atoms with van der Waals surface area (Å²) < 4.78 is 5.21. The van der Waals surface area contributed by atoms with Crippen molar-refractivity contribution in [3.8, 4) is 0 Å². The summed E-state index contributed by atoms with van der Waals surface area (Å²) in [5.74, 6) is 0.732. The van der Waals surface area contributed by atoms with Crippen LogP contribution in [0.3, 0.4) is 0 Å². The zero-order valence-corrected chi connectivity index (χ0v) is 10.00. The molecule has 1 atom stereocenters. The van der Waals surface area contributed by atoms with Gasteiger partial charge < -0.3 is 9.52 Å². The van der Waals surface area contributed by atoms with Crippen LogP contribution in [0.4, 0.5) is 0 Å². The van der Waals surface area contributed by atoms with Crippen LogP contribution in [0.15, 0.2) is 53.3 Å². The molecule has 1 unspecified atom stereocenters. The maximum atomic E-state index is 10.3. The molecule has 0 amide bonds. The smallest absolute Gasteiger partial charge is 0.109 e. The van der Waals surface area contributed by atoms with Crippen LogP contribution in [0, 0.1) is 6.92 Å². The molecule has 0 aliphatic heterocycles. The van der Waals surface area contributed by atoms with E-state index in [0.29, 0.717) is 0 Å². The Kier molecular flexibility index (Phi) is 2.61. The molecule has 3 rings (SSSR count). The normalized spacial score (nSPS) is 12.8. The molecule has 3 nitrogen and oxygen atoms in total. The quantitative estimate of drug-likeness (QED) is 0.746. The lowest BCUT2D eigenvalue weighted by Crippen LogP contribution is -2.00. The Morgan fingerprint density at radius 3 is 2.83 bits per heavy atom. The summed E-state index contributed by atoms with van der Waals surface area (Å²) >= 11 is 0. The van der Waals surface area contributed by atoms with Gasteiger partial charge in [0.15, 0.2) is 0 Å². The van der Waals surface area contributed by atoms with E-state index >= 15 is 0 Å². The molecule has 18 heavy (non-hydrogen) atoms. The van der Waals surface area contributed by atoms with E-state index in [1.807, 2.05) is 37.3 Å².